The van der Waals surface area contributed by atoms with Gasteiger partial charge in [0.15, 0.2) is 4.34 Å². The zero-order chi connectivity index (χ0) is 22.4. The Bertz CT molecular complexity index is 1140. The molecular formula is C20H21ClN4O3S3. The first kappa shape index (κ1) is 23.5. The lowest BCUT2D eigenvalue weighted by Gasteiger charge is -2.29. The minimum atomic E-state index is -3.74. The first-order valence-corrected chi connectivity index (χ1v) is 13.4. The van der Waals surface area contributed by atoms with Crippen molar-refractivity contribution in [1.82, 2.24) is 10.2 Å². The summed E-state index contributed by atoms with van der Waals surface area (Å²) in [6, 6.07) is 15.4. The zero-order valence-electron chi connectivity index (χ0n) is 16.9. The van der Waals surface area contributed by atoms with Gasteiger partial charge in [-0.25, -0.2) is 8.42 Å². The summed E-state index contributed by atoms with van der Waals surface area (Å²) in [5.74, 6) is 0.251. The first-order valence-electron chi connectivity index (χ1n) is 9.34. The molecule has 0 saturated carbocycles. The predicted molar refractivity (Wildman–Crippen MR) is 127 cm³/mol. The summed E-state index contributed by atoms with van der Waals surface area (Å²) < 4.78 is 26.8. The summed E-state index contributed by atoms with van der Waals surface area (Å²) in [5.41, 5.74) is 1.48. The van der Waals surface area contributed by atoms with Crippen LogP contribution < -0.4 is 9.62 Å². The molecule has 3 aromatic rings. The number of nitrogens with zero attached hydrogens (tertiary/aromatic N) is 3. The minimum absolute atomic E-state index is 0.264. The van der Waals surface area contributed by atoms with Crippen molar-refractivity contribution in [2.75, 3.05) is 15.9 Å². The Morgan fingerprint density at radius 2 is 1.94 bits per heavy atom. The van der Waals surface area contributed by atoms with Gasteiger partial charge in [-0.15, -0.1) is 10.2 Å². The lowest BCUT2D eigenvalue weighted by Crippen LogP contribution is -2.47. The molecule has 1 amide bonds. The Hall–Kier alpha value is -2.14. The van der Waals surface area contributed by atoms with Crippen LogP contribution in [-0.4, -0.2) is 36.8 Å². The van der Waals surface area contributed by atoms with Crippen LogP contribution in [0.25, 0.3) is 0 Å². The Labute approximate surface area is 194 Å². The van der Waals surface area contributed by atoms with Crippen LogP contribution in [0.4, 0.5) is 10.8 Å². The molecule has 0 aliphatic rings. The number of nitrogens with one attached hydrogen (secondary N) is 1. The maximum atomic E-state index is 13.0. The van der Waals surface area contributed by atoms with E-state index in [-0.39, 0.29) is 6.42 Å². The highest BCUT2D eigenvalue weighted by Crippen LogP contribution is 2.29. The van der Waals surface area contributed by atoms with E-state index in [0.717, 1.165) is 21.9 Å². The Morgan fingerprint density at radius 3 is 2.58 bits per heavy atom. The van der Waals surface area contributed by atoms with Crippen LogP contribution in [0.2, 0.25) is 5.02 Å². The summed E-state index contributed by atoms with van der Waals surface area (Å²) in [7, 11) is -3.74. The molecule has 7 nitrogen and oxygen atoms in total. The van der Waals surface area contributed by atoms with Gasteiger partial charge >= 0.3 is 0 Å². The first-order chi connectivity index (χ1) is 14.8. The number of hydrogen-bond acceptors (Lipinski definition) is 7. The van der Waals surface area contributed by atoms with Crippen LogP contribution in [0, 0.1) is 0 Å². The van der Waals surface area contributed by atoms with Crippen LogP contribution in [0.15, 0.2) is 58.9 Å². The topological polar surface area (TPSA) is 92.3 Å². The second kappa shape index (κ2) is 10.4. The molecule has 11 heteroatoms. The molecule has 31 heavy (non-hydrogen) atoms. The van der Waals surface area contributed by atoms with Gasteiger partial charge in [0.25, 0.3) is 0 Å². The number of hydrogen-bond donors (Lipinski definition) is 1. The average Bonchev–Trinajstić information content (AvgIpc) is 3.17. The minimum Gasteiger partial charge on any atom is -0.299 e. The summed E-state index contributed by atoms with van der Waals surface area (Å²) in [5, 5.41) is 11.5. The van der Waals surface area contributed by atoms with Crippen molar-refractivity contribution in [2.45, 2.75) is 29.5 Å². The van der Waals surface area contributed by atoms with Crippen molar-refractivity contribution in [3.05, 3.63) is 65.2 Å². The Balaban J connectivity index is 1.73. The fourth-order valence-electron chi connectivity index (χ4n) is 2.90. The van der Waals surface area contributed by atoms with Gasteiger partial charge in [0.2, 0.25) is 21.1 Å². The van der Waals surface area contributed by atoms with Crippen molar-refractivity contribution >= 4 is 61.4 Å². The van der Waals surface area contributed by atoms with E-state index in [2.05, 4.69) is 15.5 Å². The molecule has 1 aromatic heterocycles. The quantitative estimate of drug-likeness (QED) is 0.342. The number of halogens is 1. The Morgan fingerprint density at radius 1 is 1.19 bits per heavy atom. The Kier molecular flexibility index (Phi) is 7.93. The molecule has 0 spiro atoms. The van der Waals surface area contributed by atoms with Gasteiger partial charge in [-0.3, -0.25) is 14.4 Å². The summed E-state index contributed by atoms with van der Waals surface area (Å²) >= 11 is 8.79. The van der Waals surface area contributed by atoms with Gasteiger partial charge in [0.1, 0.15) is 6.04 Å². The molecule has 1 N–H and O–H groups in total. The number of sulfonamides is 1. The molecule has 164 valence electrons. The standard InChI is InChI=1S/C20H21ClN4O3S3/c1-3-17(25(31(2,27)28)16-11-7-10-15(21)12-16)18(26)22-19-23-24-20(30-19)29-13-14-8-5-4-6-9-14/h4-12,17H,3,13H2,1-2H3,(H,22,23,26)/t17-/m1/s1. The molecule has 0 aliphatic carbocycles. The van der Waals surface area contributed by atoms with Crippen LogP contribution in [0.1, 0.15) is 18.9 Å². The second-order valence-corrected chi connectivity index (χ2v) is 11.1. The van der Waals surface area contributed by atoms with Gasteiger partial charge in [-0.2, -0.15) is 0 Å². The van der Waals surface area contributed by atoms with Gasteiger partial charge in [-0.1, -0.05) is 78.0 Å². The lowest BCUT2D eigenvalue weighted by atomic mass is 10.2. The van der Waals surface area contributed by atoms with Gasteiger partial charge in [0.05, 0.1) is 11.9 Å². The van der Waals surface area contributed by atoms with Crippen molar-refractivity contribution in [2.24, 2.45) is 0 Å². The predicted octanol–water partition coefficient (Wildman–Crippen LogP) is 4.67. The van der Waals surface area contributed by atoms with Gasteiger partial charge in [-0.05, 0) is 30.2 Å². The summed E-state index contributed by atoms with van der Waals surface area (Å²) in [6.45, 7) is 1.74. The third-order valence-corrected chi connectivity index (χ3v) is 7.69. The number of aromatic nitrogens is 2. The number of carbonyl (C=O) groups is 1. The van der Waals surface area contributed by atoms with E-state index in [0.29, 0.717) is 20.2 Å². The number of carbonyl (C=O) groups excluding carboxylic acids is 1. The molecular weight excluding hydrogens is 476 g/mol. The molecule has 3 rings (SSSR count). The number of benzene rings is 2. The molecule has 0 aliphatic heterocycles. The van der Waals surface area contributed by atoms with E-state index in [1.165, 1.54) is 29.2 Å². The summed E-state index contributed by atoms with van der Waals surface area (Å²) in [4.78, 5) is 13.0. The van der Waals surface area contributed by atoms with Crippen LogP contribution in [0.5, 0.6) is 0 Å². The monoisotopic (exact) mass is 496 g/mol. The van der Waals surface area contributed by atoms with Crippen molar-refractivity contribution < 1.29 is 13.2 Å². The highest BCUT2D eigenvalue weighted by atomic mass is 35.5. The maximum absolute atomic E-state index is 13.0. The van der Waals surface area contributed by atoms with Crippen LogP contribution in [-0.2, 0) is 20.6 Å². The second-order valence-electron chi connectivity index (χ2n) is 6.60. The molecule has 0 saturated heterocycles. The van der Waals surface area contributed by atoms with Gasteiger partial charge in [0, 0.05) is 10.8 Å². The smallest absolute Gasteiger partial charge is 0.250 e. The fourth-order valence-corrected chi connectivity index (χ4v) is 6.00. The zero-order valence-corrected chi connectivity index (χ0v) is 20.1. The molecule has 1 atom stereocenters. The van der Waals surface area contributed by atoms with E-state index in [1.54, 1.807) is 25.1 Å². The normalized spacial score (nSPS) is 12.4. The maximum Gasteiger partial charge on any atom is 0.250 e. The summed E-state index contributed by atoms with van der Waals surface area (Å²) in [6.07, 6.45) is 1.33. The average molecular weight is 497 g/mol. The van der Waals surface area contributed by atoms with Crippen LogP contribution in [0.3, 0.4) is 0 Å². The molecule has 0 radical (unpaired) electrons. The van der Waals surface area contributed by atoms with E-state index in [4.69, 9.17) is 11.6 Å². The highest BCUT2D eigenvalue weighted by Gasteiger charge is 2.32. The third kappa shape index (κ3) is 6.42. The molecule has 0 bridgehead atoms. The number of amides is 1. The largest absolute Gasteiger partial charge is 0.299 e. The van der Waals surface area contributed by atoms with Crippen molar-refractivity contribution in [1.29, 1.82) is 0 Å². The molecule has 0 unspecified atom stereocenters. The SMILES string of the molecule is CC[C@H](C(=O)Nc1nnc(SCc2ccccc2)s1)N(c1cccc(Cl)c1)S(C)(=O)=O. The third-order valence-electron chi connectivity index (χ3n) is 4.23. The van der Waals surface area contributed by atoms with E-state index in [9.17, 15) is 13.2 Å². The molecule has 2 aromatic carbocycles. The van der Waals surface area contributed by atoms with Crippen molar-refractivity contribution in [3.63, 3.8) is 0 Å². The lowest BCUT2D eigenvalue weighted by molar-refractivity contribution is -0.117. The highest BCUT2D eigenvalue weighted by molar-refractivity contribution is 8.00. The number of thioether (sulfide) groups is 1. The van der Waals surface area contributed by atoms with E-state index >= 15 is 0 Å². The van der Waals surface area contributed by atoms with Crippen LogP contribution >= 0.6 is 34.7 Å². The van der Waals surface area contributed by atoms with E-state index in [1.807, 2.05) is 30.3 Å². The molecule has 0 fully saturated rings. The number of rotatable bonds is 9. The van der Waals surface area contributed by atoms with E-state index < -0.39 is 22.0 Å². The van der Waals surface area contributed by atoms with Crippen molar-refractivity contribution in [3.8, 4) is 0 Å². The van der Waals surface area contributed by atoms with Gasteiger partial charge < -0.3 is 0 Å². The number of anilines is 2. The molecule has 1 heterocycles. The fraction of sp³-hybridized carbons (Fsp3) is 0.250.